The summed E-state index contributed by atoms with van der Waals surface area (Å²) in [6, 6.07) is 13.3. The van der Waals surface area contributed by atoms with E-state index in [-0.39, 0.29) is 40.4 Å². The van der Waals surface area contributed by atoms with Gasteiger partial charge in [-0.05, 0) is 0 Å². The quantitative estimate of drug-likeness (QED) is 0.152. The van der Waals surface area contributed by atoms with Crippen LogP contribution in [0.15, 0.2) is 42.5 Å². The summed E-state index contributed by atoms with van der Waals surface area (Å²) in [7, 11) is 0. The average molecular weight is 1390 g/mol. The van der Waals surface area contributed by atoms with Gasteiger partial charge in [-0.25, -0.2) is 0 Å². The molecule has 1 atom stereocenters. The predicted octanol–water partition coefficient (Wildman–Crippen LogP) is -11.0. The third-order valence-electron chi connectivity index (χ3n) is 3.83. The Morgan fingerprint density at radius 3 is 1.31 bits per heavy atom. The molecule has 288 valence electrons. The van der Waals surface area contributed by atoms with E-state index >= 15 is 0 Å². The number of thioether (sulfide) groups is 1. The fourth-order valence-corrected chi connectivity index (χ4v) is 6.17. The first kappa shape index (κ1) is 71.0. The van der Waals surface area contributed by atoms with Crippen LogP contribution in [0.1, 0.15) is 29.6 Å². The van der Waals surface area contributed by atoms with E-state index in [0.29, 0.717) is 12.0 Å². The van der Waals surface area contributed by atoms with Gasteiger partial charge in [-0.15, -0.1) is 0 Å². The van der Waals surface area contributed by atoms with Gasteiger partial charge in [-0.2, -0.15) is 0 Å². The number of fused-ring (bicyclic) bond motifs is 1. The van der Waals surface area contributed by atoms with E-state index < -0.39 is 131 Å². The van der Waals surface area contributed by atoms with Gasteiger partial charge in [0.25, 0.3) is 0 Å². The molecule has 2 aromatic rings. The van der Waals surface area contributed by atoms with Crippen molar-refractivity contribution >= 4 is 155 Å². The predicted molar refractivity (Wildman–Crippen MR) is 132 cm³/mol. The zero-order valence-electron chi connectivity index (χ0n) is 22.7. The van der Waals surface area contributed by atoms with Gasteiger partial charge >= 0.3 is 296 Å². The second-order valence-corrected chi connectivity index (χ2v) is 16.0. The second kappa shape index (κ2) is 42.9. The number of carbonyl (C=O) groups excluding carboxylic acids is 1. The maximum absolute atomic E-state index is 12.7. The van der Waals surface area contributed by atoms with Crippen LogP contribution in [0.25, 0.3) is 10.8 Å². The Bertz CT molecular complexity index is 1140. The van der Waals surface area contributed by atoms with Crippen molar-refractivity contribution in [1.82, 2.24) is 0 Å². The molecule has 0 aromatic heterocycles. The van der Waals surface area contributed by atoms with Crippen molar-refractivity contribution in [2.45, 2.75) is 24.2 Å². The molecular weight excluding hydrogens is 1370 g/mol. The van der Waals surface area contributed by atoms with Gasteiger partial charge < -0.3 is 0 Å². The van der Waals surface area contributed by atoms with Crippen LogP contribution in [-0.2, 0) is 21.1 Å². The van der Waals surface area contributed by atoms with Crippen LogP contribution in [-0.4, -0.2) is 143 Å². The van der Waals surface area contributed by atoms with E-state index in [2.05, 4.69) is 0 Å². The molecule has 1 saturated heterocycles. The van der Waals surface area contributed by atoms with Crippen LogP contribution >= 0.6 is 11.8 Å². The Kier molecular flexibility index (Phi) is 63.5. The van der Waals surface area contributed by atoms with E-state index in [1.807, 2.05) is 36.4 Å². The van der Waals surface area contributed by atoms with Gasteiger partial charge in [-0.1, -0.05) is 0 Å². The van der Waals surface area contributed by atoms with E-state index in [9.17, 15) is 11.2 Å². The molecular formula is C16H21F6O19SSb6-11. The summed E-state index contributed by atoms with van der Waals surface area (Å²) in [5.74, 6) is 0.769. The van der Waals surface area contributed by atoms with E-state index in [1.54, 1.807) is 6.07 Å². The molecule has 0 bridgehead atoms. The summed E-state index contributed by atoms with van der Waals surface area (Å²) < 4.78 is 156. The Morgan fingerprint density at radius 1 is 0.625 bits per heavy atom. The molecule has 0 saturated carbocycles. The number of hydrogen-bond donors (Lipinski definition) is 0. The summed E-state index contributed by atoms with van der Waals surface area (Å²) in [4.78, 5) is 11.8. The van der Waals surface area contributed by atoms with Crippen molar-refractivity contribution < 1.29 is 91.4 Å². The van der Waals surface area contributed by atoms with Gasteiger partial charge in [0.05, 0.1) is 0 Å². The summed E-state index contributed by atoms with van der Waals surface area (Å²) in [5.41, 5.74) is 0.633. The zero-order chi connectivity index (χ0) is 33.5. The summed E-state index contributed by atoms with van der Waals surface area (Å²) in [5, 5.41) is 1.90. The van der Waals surface area contributed by atoms with Gasteiger partial charge in [0.15, 0.2) is 0 Å². The number of rotatable bonds is 5. The topological polar surface area (TPSA) is 382 Å². The van der Waals surface area contributed by atoms with Gasteiger partial charge in [-0.3, -0.25) is 28.2 Å². The molecule has 6 radical (unpaired) electrons. The fourth-order valence-electron chi connectivity index (χ4n) is 2.86. The van der Waals surface area contributed by atoms with Gasteiger partial charge in [0, 0.05) is 0 Å². The first-order chi connectivity index (χ1) is 19.3. The molecule has 0 spiro atoms. The molecule has 0 aliphatic carbocycles. The van der Waals surface area contributed by atoms with Crippen LogP contribution in [0.2, 0.25) is 0 Å². The van der Waals surface area contributed by atoms with Crippen LogP contribution in [0.4, 0.5) is 28.2 Å². The molecule has 1 aliphatic rings. The monoisotopic (exact) mass is 1390 g/mol. The molecule has 2 aromatic carbocycles. The number of benzene rings is 2. The van der Waals surface area contributed by atoms with Gasteiger partial charge in [0.1, 0.15) is 0 Å². The van der Waals surface area contributed by atoms with Crippen molar-refractivity contribution in [3.05, 3.63) is 48.0 Å². The molecule has 48 heavy (non-hydrogen) atoms. The van der Waals surface area contributed by atoms with Gasteiger partial charge in [0.2, 0.25) is 0 Å². The Balaban J connectivity index is -0.0000000704. The zero-order valence-corrected chi connectivity index (χ0v) is 38.8. The second-order valence-electron chi connectivity index (χ2n) is 6.42. The minimum atomic E-state index is -4.20. The molecule has 0 N–H and O–H groups in total. The first-order valence-corrected chi connectivity index (χ1v) is 29.6. The number of ketones is 1. The Hall–Kier alpha value is 1.53. The van der Waals surface area contributed by atoms with Crippen molar-refractivity contribution in [2.75, 3.05) is 5.75 Å². The normalized spacial score (nSPS) is 12.4. The maximum atomic E-state index is 12.7. The van der Waals surface area contributed by atoms with Crippen LogP contribution in [0.3, 0.4) is 0 Å². The molecule has 0 amide bonds. The molecule has 19 nitrogen and oxygen atoms in total. The van der Waals surface area contributed by atoms with Crippen LogP contribution < -0.4 is 37.2 Å². The molecule has 32 heteroatoms. The molecule has 1 fully saturated rings. The van der Waals surface area contributed by atoms with Crippen molar-refractivity contribution in [2.24, 2.45) is 0 Å². The number of halogens is 6. The number of Topliss-reactive ketones (excluding diaryl/α,β-unsaturated/α-hetero) is 1. The summed E-state index contributed by atoms with van der Waals surface area (Å²) in [6.07, 6.45) is 1.60. The van der Waals surface area contributed by atoms with E-state index in [0.717, 1.165) is 22.9 Å². The Morgan fingerprint density at radius 2 is 0.979 bits per heavy atom. The molecule has 1 aliphatic heterocycles. The van der Waals surface area contributed by atoms with E-state index in [1.165, 1.54) is 11.8 Å². The Labute approximate surface area is 319 Å². The number of carbonyl (C=O) groups is 1. The number of hydrogen-bond acceptors (Lipinski definition) is 20. The van der Waals surface area contributed by atoms with Crippen molar-refractivity contribution in [3.63, 3.8) is 0 Å². The average Bonchev–Trinajstić information content (AvgIpc) is 3.24. The standard InChI is InChI=1S/C16H15O2S.6FH.17O.6Sb/c17-15(11-16(18)9-4-10-19-16)14-8-3-6-12-5-1-2-7-13(12)14;;;;;;;;;;;;;;;;;;;;;;;;;;;;;/h1-3,5-8H,4,9-11H2;6*1H;;;;;;;;;;;;;;;;;;;;;;;/q-1;;;;;;;;;;;;;11*-1;;;;;;+1. The minimum absolute atomic E-state index is 0. The third kappa shape index (κ3) is 49.6. The van der Waals surface area contributed by atoms with Crippen LogP contribution in [0.5, 0.6) is 0 Å². The molecule has 3 rings (SSSR count). The fraction of sp³-hybridized carbons (Fsp3) is 0.312. The molecule has 1 unspecified atom stereocenters. The third-order valence-corrected chi connectivity index (χ3v) is 7.07. The first-order valence-electron chi connectivity index (χ1n) is 9.82. The van der Waals surface area contributed by atoms with E-state index in [4.69, 9.17) is 52.0 Å². The summed E-state index contributed by atoms with van der Waals surface area (Å²) in [6.45, 7) is 0. The van der Waals surface area contributed by atoms with Crippen LogP contribution in [0, 0.1) is 0 Å². The summed E-state index contributed by atoms with van der Waals surface area (Å²) >= 11 is -23.6. The van der Waals surface area contributed by atoms with Crippen molar-refractivity contribution in [1.29, 1.82) is 0 Å². The molecule has 1 heterocycles. The SMILES string of the molecule is F.F.F.F.F.F.O=C(CC1([O][Sb](=[O])[O-])CCCS1)c1cccc2ccccc12.[O]=[Sb]([O-])[O-].[O]=[Sb]([O-])[O-].[O]=[Sb]([O-])[O-].[O]=[Sb]([O-])[O-].[O]=[Sb]([O-])[O-]. The van der Waals surface area contributed by atoms with Crippen molar-refractivity contribution in [3.8, 4) is 0 Å².